The van der Waals surface area contributed by atoms with Crippen LogP contribution in [0.3, 0.4) is 0 Å². The normalized spacial score (nSPS) is 12.1. The summed E-state index contributed by atoms with van der Waals surface area (Å²) in [7, 11) is 0. The predicted octanol–water partition coefficient (Wildman–Crippen LogP) is 3.97. The number of carbonyl (C=O) groups is 1. The smallest absolute Gasteiger partial charge is 0.237 e. The van der Waals surface area contributed by atoms with Crippen molar-refractivity contribution in [3.8, 4) is 0 Å². The Balaban J connectivity index is 2.07. The first-order valence-electron chi connectivity index (χ1n) is 8.18. The predicted molar refractivity (Wildman–Crippen MR) is 97.5 cm³/mol. The Bertz CT molecular complexity index is 609. The number of hydrogen-bond acceptors (Lipinski definition) is 3. The summed E-state index contributed by atoms with van der Waals surface area (Å²) in [6.45, 7) is 8.07. The zero-order valence-electron chi connectivity index (χ0n) is 14.2. The number of benzene rings is 1. The van der Waals surface area contributed by atoms with Gasteiger partial charge in [-0.3, -0.25) is 4.79 Å². The minimum Gasteiger partial charge on any atom is -0.332 e. The molecule has 0 aliphatic carbocycles. The van der Waals surface area contributed by atoms with E-state index in [0.717, 1.165) is 6.42 Å². The van der Waals surface area contributed by atoms with Crippen molar-refractivity contribution in [2.75, 3.05) is 6.54 Å². The summed E-state index contributed by atoms with van der Waals surface area (Å²) >= 11 is 1.72. The van der Waals surface area contributed by atoms with E-state index in [1.54, 1.807) is 11.3 Å². The molecule has 0 bridgehead atoms. The zero-order valence-corrected chi connectivity index (χ0v) is 15.0. The van der Waals surface area contributed by atoms with Gasteiger partial charge in [-0.2, -0.15) is 0 Å². The highest BCUT2D eigenvalue weighted by Crippen LogP contribution is 2.19. The largest absolute Gasteiger partial charge is 0.332 e. The average molecular weight is 330 g/mol. The fourth-order valence-corrected chi connectivity index (χ4v) is 3.21. The standard InChI is InChI=1S/C19H26N2OS/c1-4-16(3)20-12-19(22)21(13-17-8-6-5-7-9-17)14-18-15(2)10-11-23-18/h5-11,16,20H,4,12-14H2,1-3H3/t16-/m0/s1. The fraction of sp³-hybridized carbons (Fsp3) is 0.421. The van der Waals surface area contributed by atoms with Crippen LogP contribution in [0, 0.1) is 6.92 Å². The van der Waals surface area contributed by atoms with Gasteiger partial charge in [0.05, 0.1) is 13.1 Å². The number of nitrogens with one attached hydrogen (secondary N) is 1. The topological polar surface area (TPSA) is 32.3 Å². The van der Waals surface area contributed by atoms with Crippen LogP contribution in [-0.4, -0.2) is 23.4 Å². The third-order valence-corrected chi connectivity index (χ3v) is 5.09. The van der Waals surface area contributed by atoms with Crippen molar-refractivity contribution in [2.24, 2.45) is 0 Å². The maximum absolute atomic E-state index is 12.7. The van der Waals surface area contributed by atoms with E-state index in [2.05, 4.69) is 49.7 Å². The van der Waals surface area contributed by atoms with E-state index in [-0.39, 0.29) is 5.91 Å². The van der Waals surface area contributed by atoms with Crippen LogP contribution in [0.4, 0.5) is 0 Å². The summed E-state index contributed by atoms with van der Waals surface area (Å²) in [5.41, 5.74) is 2.43. The molecule has 1 heterocycles. The highest BCUT2D eigenvalue weighted by molar-refractivity contribution is 7.10. The molecule has 3 nitrogen and oxygen atoms in total. The molecule has 0 saturated carbocycles. The van der Waals surface area contributed by atoms with Crippen molar-refractivity contribution in [1.29, 1.82) is 0 Å². The Labute approximate surface area is 143 Å². The fourth-order valence-electron chi connectivity index (χ4n) is 2.29. The van der Waals surface area contributed by atoms with Gasteiger partial charge in [0.15, 0.2) is 0 Å². The maximum Gasteiger partial charge on any atom is 0.237 e. The maximum atomic E-state index is 12.7. The van der Waals surface area contributed by atoms with Crippen LogP contribution in [0.1, 0.15) is 36.3 Å². The van der Waals surface area contributed by atoms with Gasteiger partial charge in [-0.15, -0.1) is 11.3 Å². The number of rotatable bonds is 8. The highest BCUT2D eigenvalue weighted by atomic mass is 32.1. The molecule has 0 radical (unpaired) electrons. The Kier molecular flexibility index (Phi) is 6.81. The molecular weight excluding hydrogens is 304 g/mol. The number of aryl methyl sites for hydroxylation is 1. The number of carbonyl (C=O) groups excluding carboxylic acids is 1. The van der Waals surface area contributed by atoms with E-state index in [1.807, 2.05) is 23.1 Å². The lowest BCUT2D eigenvalue weighted by molar-refractivity contribution is -0.131. The molecule has 0 aliphatic heterocycles. The molecule has 0 saturated heterocycles. The van der Waals surface area contributed by atoms with Gasteiger partial charge in [-0.1, -0.05) is 37.3 Å². The molecule has 0 fully saturated rings. The highest BCUT2D eigenvalue weighted by Gasteiger charge is 2.16. The summed E-state index contributed by atoms with van der Waals surface area (Å²) < 4.78 is 0. The van der Waals surface area contributed by atoms with Gasteiger partial charge in [0.25, 0.3) is 0 Å². The Morgan fingerprint density at radius 1 is 1.22 bits per heavy atom. The van der Waals surface area contributed by atoms with Crippen LogP contribution in [0.2, 0.25) is 0 Å². The number of nitrogens with zero attached hydrogens (tertiary/aromatic N) is 1. The molecule has 4 heteroatoms. The Morgan fingerprint density at radius 3 is 2.57 bits per heavy atom. The van der Waals surface area contributed by atoms with Gasteiger partial charge < -0.3 is 10.2 Å². The van der Waals surface area contributed by atoms with Crippen molar-refractivity contribution in [2.45, 2.75) is 46.3 Å². The first kappa shape index (κ1) is 17.7. The van der Waals surface area contributed by atoms with E-state index in [0.29, 0.717) is 25.7 Å². The molecule has 124 valence electrons. The van der Waals surface area contributed by atoms with Crippen molar-refractivity contribution >= 4 is 17.2 Å². The molecule has 0 spiro atoms. The van der Waals surface area contributed by atoms with Crippen LogP contribution in [-0.2, 0) is 17.9 Å². The second-order valence-corrected chi connectivity index (χ2v) is 6.95. The van der Waals surface area contributed by atoms with Crippen molar-refractivity contribution in [3.63, 3.8) is 0 Å². The summed E-state index contributed by atoms with van der Waals surface area (Å²) in [5, 5.41) is 5.40. The number of hydrogen-bond donors (Lipinski definition) is 1. The second-order valence-electron chi connectivity index (χ2n) is 5.95. The number of thiophene rings is 1. The quantitative estimate of drug-likeness (QED) is 0.794. The van der Waals surface area contributed by atoms with Gasteiger partial charge in [0.2, 0.25) is 5.91 Å². The van der Waals surface area contributed by atoms with E-state index >= 15 is 0 Å². The summed E-state index contributed by atoms with van der Waals surface area (Å²) in [6.07, 6.45) is 1.02. The van der Waals surface area contributed by atoms with Crippen LogP contribution in [0.5, 0.6) is 0 Å². The van der Waals surface area contributed by atoms with Gasteiger partial charge in [0, 0.05) is 17.5 Å². The van der Waals surface area contributed by atoms with Crippen molar-refractivity contribution < 1.29 is 4.79 Å². The molecule has 1 atom stereocenters. The molecule has 0 unspecified atom stereocenters. The SMILES string of the molecule is CC[C@H](C)NCC(=O)N(Cc1ccccc1)Cc1sccc1C. The molecular formula is C19H26N2OS. The van der Waals surface area contributed by atoms with Crippen molar-refractivity contribution in [1.82, 2.24) is 10.2 Å². The van der Waals surface area contributed by atoms with Crippen LogP contribution >= 0.6 is 11.3 Å². The molecule has 2 aromatic rings. The van der Waals surface area contributed by atoms with Gasteiger partial charge in [-0.25, -0.2) is 0 Å². The number of amides is 1. The summed E-state index contributed by atoms with van der Waals surface area (Å²) in [4.78, 5) is 15.9. The molecule has 23 heavy (non-hydrogen) atoms. The average Bonchev–Trinajstić information content (AvgIpc) is 2.97. The van der Waals surface area contributed by atoms with Gasteiger partial charge >= 0.3 is 0 Å². The van der Waals surface area contributed by atoms with Gasteiger partial charge in [0.1, 0.15) is 0 Å². The molecule has 0 aliphatic rings. The molecule has 1 aromatic carbocycles. The van der Waals surface area contributed by atoms with Gasteiger partial charge in [-0.05, 0) is 42.8 Å². The summed E-state index contributed by atoms with van der Waals surface area (Å²) in [5.74, 6) is 0.155. The lowest BCUT2D eigenvalue weighted by atomic mass is 10.2. The van der Waals surface area contributed by atoms with Crippen LogP contribution < -0.4 is 5.32 Å². The van der Waals surface area contributed by atoms with Crippen LogP contribution in [0.25, 0.3) is 0 Å². The molecule has 1 amide bonds. The Morgan fingerprint density at radius 2 is 1.96 bits per heavy atom. The second kappa shape index (κ2) is 8.85. The minimum atomic E-state index is 0.155. The molecule has 2 rings (SSSR count). The Hall–Kier alpha value is -1.65. The zero-order chi connectivity index (χ0) is 16.7. The third-order valence-electron chi connectivity index (χ3n) is 4.09. The van der Waals surface area contributed by atoms with E-state index in [4.69, 9.17) is 0 Å². The third kappa shape index (κ3) is 5.48. The summed E-state index contributed by atoms with van der Waals surface area (Å²) in [6, 6.07) is 12.7. The van der Waals surface area contributed by atoms with Crippen molar-refractivity contribution in [3.05, 3.63) is 57.8 Å². The van der Waals surface area contributed by atoms with E-state index in [9.17, 15) is 4.79 Å². The molecule has 1 aromatic heterocycles. The van der Waals surface area contributed by atoms with E-state index < -0.39 is 0 Å². The monoisotopic (exact) mass is 330 g/mol. The first-order valence-corrected chi connectivity index (χ1v) is 9.06. The molecule has 1 N–H and O–H groups in total. The lowest BCUT2D eigenvalue weighted by Gasteiger charge is -2.24. The van der Waals surface area contributed by atoms with E-state index in [1.165, 1.54) is 16.0 Å². The first-order chi connectivity index (χ1) is 11.1. The lowest BCUT2D eigenvalue weighted by Crippen LogP contribution is -2.40. The van der Waals surface area contributed by atoms with Crippen LogP contribution in [0.15, 0.2) is 41.8 Å². The minimum absolute atomic E-state index is 0.155.